The summed E-state index contributed by atoms with van der Waals surface area (Å²) in [4.78, 5) is 13.3. The maximum atomic E-state index is 11.3. The lowest BCUT2D eigenvalue weighted by Gasteiger charge is -2.39. The number of esters is 1. The maximum Gasteiger partial charge on any atom is 0.358 e. The zero-order valence-corrected chi connectivity index (χ0v) is 13.5. The molecule has 0 bridgehead atoms. The van der Waals surface area contributed by atoms with Crippen LogP contribution in [0.2, 0.25) is 0 Å². The second-order valence-corrected chi connectivity index (χ2v) is 5.70. The first kappa shape index (κ1) is 14.8. The van der Waals surface area contributed by atoms with Gasteiger partial charge in [0, 0.05) is 0 Å². The van der Waals surface area contributed by atoms with Gasteiger partial charge < -0.3 is 14.4 Å². The Morgan fingerprint density at radius 3 is 2.64 bits per heavy atom. The number of ether oxygens (including phenoxy) is 2. The van der Waals surface area contributed by atoms with Crippen LogP contribution >= 0.6 is 15.9 Å². The summed E-state index contributed by atoms with van der Waals surface area (Å²) < 4.78 is 11.4. The average Bonchev–Trinajstić information content (AvgIpc) is 2.51. The highest BCUT2D eigenvalue weighted by atomic mass is 79.9. The molecule has 1 fully saturated rings. The Kier molecular flexibility index (Phi) is 4.24. The predicted octanol–water partition coefficient (Wildman–Crippen LogP) is 2.29. The number of halogens is 1. The lowest BCUT2D eigenvalue weighted by atomic mass is 10.1. The molecule has 1 aromatic carbocycles. The molecule has 1 aromatic heterocycles. The van der Waals surface area contributed by atoms with Crippen LogP contribution in [0.4, 0.5) is 5.82 Å². The van der Waals surface area contributed by atoms with Crippen LogP contribution < -0.4 is 9.64 Å². The minimum atomic E-state index is -0.488. The zero-order chi connectivity index (χ0) is 15.5. The standard InChI is InChI=1S/C15H14BrN3O3/c1-21-15(20)12-6-7-14(18-17-12)19-8-10(9-19)22-13-5-3-2-4-11(13)16/h2-7,10H,8-9H2,1H3. The first-order chi connectivity index (χ1) is 10.7. The van der Waals surface area contributed by atoms with Crippen molar-refractivity contribution in [3.05, 3.63) is 46.6 Å². The first-order valence-corrected chi connectivity index (χ1v) is 7.55. The van der Waals surface area contributed by atoms with Gasteiger partial charge in [-0.3, -0.25) is 0 Å². The SMILES string of the molecule is COC(=O)c1ccc(N2CC(Oc3ccccc3Br)C2)nn1. The van der Waals surface area contributed by atoms with Crippen molar-refractivity contribution in [3.8, 4) is 5.75 Å². The number of aromatic nitrogens is 2. The van der Waals surface area contributed by atoms with Gasteiger partial charge in [-0.1, -0.05) is 12.1 Å². The molecule has 0 radical (unpaired) electrons. The number of para-hydroxylation sites is 1. The van der Waals surface area contributed by atoms with Crippen molar-refractivity contribution in [1.82, 2.24) is 10.2 Å². The summed E-state index contributed by atoms with van der Waals surface area (Å²) in [6.45, 7) is 1.46. The molecule has 3 rings (SSSR count). The Labute approximate surface area is 136 Å². The molecule has 1 aliphatic rings. The number of methoxy groups -OCH3 is 1. The van der Waals surface area contributed by atoms with Gasteiger partial charge in [0.1, 0.15) is 11.9 Å². The van der Waals surface area contributed by atoms with Gasteiger partial charge in [0.2, 0.25) is 0 Å². The number of nitrogens with zero attached hydrogens (tertiary/aromatic N) is 3. The normalized spacial score (nSPS) is 14.4. The quantitative estimate of drug-likeness (QED) is 0.776. The number of carbonyl (C=O) groups excluding carboxylic acids is 1. The molecule has 0 spiro atoms. The molecule has 2 aromatic rings. The van der Waals surface area contributed by atoms with Crippen molar-refractivity contribution in [3.63, 3.8) is 0 Å². The highest BCUT2D eigenvalue weighted by Crippen LogP contribution is 2.28. The number of rotatable bonds is 4. The highest BCUT2D eigenvalue weighted by Gasteiger charge is 2.30. The van der Waals surface area contributed by atoms with Crippen LogP contribution in [0.1, 0.15) is 10.5 Å². The number of hydrogen-bond acceptors (Lipinski definition) is 6. The van der Waals surface area contributed by atoms with Crippen LogP contribution in [0.5, 0.6) is 5.75 Å². The van der Waals surface area contributed by atoms with E-state index in [0.717, 1.165) is 29.1 Å². The van der Waals surface area contributed by atoms with E-state index < -0.39 is 5.97 Å². The molecule has 22 heavy (non-hydrogen) atoms. The Hall–Kier alpha value is -2.15. The molecule has 0 saturated carbocycles. The maximum absolute atomic E-state index is 11.3. The van der Waals surface area contributed by atoms with E-state index in [2.05, 4.69) is 30.9 Å². The van der Waals surface area contributed by atoms with Gasteiger partial charge in [-0.05, 0) is 40.2 Å². The fourth-order valence-electron chi connectivity index (χ4n) is 2.13. The van der Waals surface area contributed by atoms with Crippen LogP contribution in [0.25, 0.3) is 0 Å². The largest absolute Gasteiger partial charge is 0.486 e. The van der Waals surface area contributed by atoms with E-state index in [1.807, 2.05) is 29.2 Å². The summed E-state index contributed by atoms with van der Waals surface area (Å²) in [6.07, 6.45) is 0.112. The van der Waals surface area contributed by atoms with Gasteiger partial charge in [-0.25, -0.2) is 4.79 Å². The summed E-state index contributed by atoms with van der Waals surface area (Å²) in [5.74, 6) is 1.07. The van der Waals surface area contributed by atoms with E-state index in [-0.39, 0.29) is 11.8 Å². The van der Waals surface area contributed by atoms with Gasteiger partial charge in [-0.15, -0.1) is 10.2 Å². The number of benzene rings is 1. The molecule has 0 aliphatic carbocycles. The lowest BCUT2D eigenvalue weighted by Crippen LogP contribution is -2.54. The molecule has 1 saturated heterocycles. The molecule has 0 unspecified atom stereocenters. The summed E-state index contributed by atoms with van der Waals surface area (Å²) >= 11 is 3.46. The zero-order valence-electron chi connectivity index (χ0n) is 11.9. The summed E-state index contributed by atoms with van der Waals surface area (Å²) in [5.41, 5.74) is 0.202. The molecule has 7 heteroatoms. The Morgan fingerprint density at radius 1 is 1.23 bits per heavy atom. The number of anilines is 1. The molecule has 0 N–H and O–H groups in total. The van der Waals surface area contributed by atoms with Crippen molar-refractivity contribution >= 4 is 27.7 Å². The van der Waals surface area contributed by atoms with E-state index in [1.54, 1.807) is 12.1 Å². The third kappa shape index (κ3) is 3.04. The van der Waals surface area contributed by atoms with Crippen molar-refractivity contribution in [2.75, 3.05) is 25.1 Å². The number of hydrogen-bond donors (Lipinski definition) is 0. The third-order valence-electron chi connectivity index (χ3n) is 3.35. The van der Waals surface area contributed by atoms with Crippen LogP contribution in [-0.4, -0.2) is 42.5 Å². The topological polar surface area (TPSA) is 64.5 Å². The average molecular weight is 364 g/mol. The Bertz CT molecular complexity index is 672. The molecule has 1 aliphatic heterocycles. The smallest absolute Gasteiger partial charge is 0.358 e. The highest BCUT2D eigenvalue weighted by molar-refractivity contribution is 9.10. The molecular weight excluding hydrogens is 350 g/mol. The lowest BCUT2D eigenvalue weighted by molar-refractivity contribution is 0.0592. The monoisotopic (exact) mass is 363 g/mol. The van der Waals surface area contributed by atoms with Crippen LogP contribution in [0, 0.1) is 0 Å². The Morgan fingerprint density at radius 2 is 2.00 bits per heavy atom. The van der Waals surface area contributed by atoms with Gasteiger partial charge >= 0.3 is 5.97 Å². The summed E-state index contributed by atoms with van der Waals surface area (Å²) in [6, 6.07) is 11.1. The molecule has 114 valence electrons. The van der Waals surface area contributed by atoms with Gasteiger partial charge in [0.05, 0.1) is 24.7 Å². The van der Waals surface area contributed by atoms with Crippen molar-refractivity contribution in [1.29, 1.82) is 0 Å². The molecule has 0 atom stereocenters. The van der Waals surface area contributed by atoms with E-state index in [9.17, 15) is 4.79 Å². The van der Waals surface area contributed by atoms with Crippen molar-refractivity contribution in [2.45, 2.75) is 6.10 Å². The second kappa shape index (κ2) is 6.31. The fourth-order valence-corrected chi connectivity index (χ4v) is 2.51. The van der Waals surface area contributed by atoms with Crippen LogP contribution in [0.15, 0.2) is 40.9 Å². The van der Waals surface area contributed by atoms with Gasteiger partial charge in [0.15, 0.2) is 11.5 Å². The van der Waals surface area contributed by atoms with Crippen LogP contribution in [-0.2, 0) is 4.74 Å². The molecule has 0 amide bonds. The fraction of sp³-hybridized carbons (Fsp3) is 0.267. The summed E-state index contributed by atoms with van der Waals surface area (Å²) in [5, 5.41) is 7.90. The minimum Gasteiger partial charge on any atom is -0.486 e. The minimum absolute atomic E-state index is 0.112. The first-order valence-electron chi connectivity index (χ1n) is 6.75. The van der Waals surface area contributed by atoms with E-state index in [1.165, 1.54) is 7.11 Å². The number of carbonyl (C=O) groups is 1. The van der Waals surface area contributed by atoms with Crippen LogP contribution in [0.3, 0.4) is 0 Å². The van der Waals surface area contributed by atoms with Gasteiger partial charge in [0.25, 0.3) is 0 Å². The van der Waals surface area contributed by atoms with E-state index in [0.29, 0.717) is 0 Å². The predicted molar refractivity (Wildman–Crippen MR) is 84.1 cm³/mol. The Balaban J connectivity index is 1.57. The van der Waals surface area contributed by atoms with Crippen molar-refractivity contribution < 1.29 is 14.3 Å². The summed E-state index contributed by atoms with van der Waals surface area (Å²) in [7, 11) is 1.32. The van der Waals surface area contributed by atoms with E-state index in [4.69, 9.17) is 4.74 Å². The molecular formula is C15H14BrN3O3. The van der Waals surface area contributed by atoms with Gasteiger partial charge in [-0.2, -0.15) is 0 Å². The molecule has 6 nitrogen and oxygen atoms in total. The second-order valence-electron chi connectivity index (χ2n) is 4.84. The van der Waals surface area contributed by atoms with E-state index >= 15 is 0 Å². The third-order valence-corrected chi connectivity index (χ3v) is 4.00. The molecule has 2 heterocycles. The van der Waals surface area contributed by atoms with Crippen molar-refractivity contribution in [2.24, 2.45) is 0 Å².